The Morgan fingerprint density at radius 2 is 2.10 bits per heavy atom. The summed E-state index contributed by atoms with van der Waals surface area (Å²) in [5.74, 6) is 0. The van der Waals surface area contributed by atoms with Crippen LogP contribution in [0.4, 0.5) is 0 Å². The Bertz CT molecular complexity index is 173. The minimum Gasteiger partial charge on any atom is -0.330 e. The summed E-state index contributed by atoms with van der Waals surface area (Å²) in [7, 11) is 0. The van der Waals surface area contributed by atoms with Crippen LogP contribution in [0.5, 0.6) is 0 Å². The Morgan fingerprint density at radius 1 is 1.40 bits per heavy atom. The van der Waals surface area contributed by atoms with Crippen molar-refractivity contribution < 1.29 is 0 Å². The largest absolute Gasteiger partial charge is 0.330 e. The lowest BCUT2D eigenvalue weighted by Gasteiger charge is -1.99. The summed E-state index contributed by atoms with van der Waals surface area (Å²) in [5, 5.41) is 6.47. The lowest BCUT2D eigenvalue weighted by molar-refractivity contribution is 0.684. The monoisotopic (exact) mass is 141 g/mol. The molecular weight excluding hydrogens is 134 g/mol. The highest BCUT2D eigenvalue weighted by Crippen LogP contribution is 1.89. The summed E-state index contributed by atoms with van der Waals surface area (Å²) in [6.07, 6.45) is 0. The number of rotatable bonds is 4. The molecule has 0 aromatic rings. The van der Waals surface area contributed by atoms with Crippen LogP contribution in [0.2, 0.25) is 0 Å². The van der Waals surface area contributed by atoms with Crippen LogP contribution in [0.15, 0.2) is 10.2 Å². The first-order valence-corrected chi connectivity index (χ1v) is 2.60. The van der Waals surface area contributed by atoms with Crippen LogP contribution >= 0.6 is 0 Å². The summed E-state index contributed by atoms with van der Waals surface area (Å²) < 4.78 is 0. The molecule has 0 aromatic carbocycles. The molecule has 54 valence electrons. The van der Waals surface area contributed by atoms with E-state index in [-0.39, 0.29) is 13.1 Å². The molecule has 2 N–H and O–H groups in total. The second kappa shape index (κ2) is 5.71. The number of hydrogen-bond donors (Lipinski definition) is 1. The first-order valence-electron chi connectivity index (χ1n) is 2.60. The fourth-order valence-electron chi connectivity index (χ4n) is 0.362. The van der Waals surface area contributed by atoms with Gasteiger partial charge in [-0.15, -0.1) is 0 Å². The Morgan fingerprint density at radius 3 is 2.50 bits per heavy atom. The van der Waals surface area contributed by atoms with E-state index in [1.165, 1.54) is 0 Å². The van der Waals surface area contributed by atoms with Crippen molar-refractivity contribution >= 4 is 0 Å². The van der Waals surface area contributed by atoms with Gasteiger partial charge in [0, 0.05) is 22.9 Å². The van der Waals surface area contributed by atoms with E-state index in [4.69, 9.17) is 16.8 Å². The van der Waals surface area contributed by atoms with E-state index in [0.717, 1.165) is 0 Å². The number of nitrogens with zero attached hydrogens (tertiary/aromatic N) is 6. The van der Waals surface area contributed by atoms with Gasteiger partial charge in [-0.3, -0.25) is 0 Å². The van der Waals surface area contributed by atoms with Gasteiger partial charge in [-0.25, -0.2) is 0 Å². The molecule has 1 atom stereocenters. The quantitative estimate of drug-likeness (QED) is 0.349. The van der Waals surface area contributed by atoms with E-state index >= 15 is 0 Å². The molecule has 0 spiro atoms. The Balaban J connectivity index is 3.81. The minimum atomic E-state index is -0.416. The van der Waals surface area contributed by atoms with Crippen LogP contribution in [0.1, 0.15) is 0 Å². The molecule has 0 aliphatic heterocycles. The van der Waals surface area contributed by atoms with Crippen LogP contribution in [0.25, 0.3) is 20.9 Å². The molecule has 0 saturated carbocycles. The van der Waals surface area contributed by atoms with Crippen molar-refractivity contribution in [1.29, 1.82) is 0 Å². The average Bonchev–Trinajstić information content (AvgIpc) is 1.98. The molecule has 0 aromatic heterocycles. The summed E-state index contributed by atoms with van der Waals surface area (Å²) >= 11 is 0. The van der Waals surface area contributed by atoms with E-state index in [9.17, 15) is 0 Å². The van der Waals surface area contributed by atoms with E-state index in [1.54, 1.807) is 0 Å². The third kappa shape index (κ3) is 3.57. The van der Waals surface area contributed by atoms with Crippen LogP contribution in [0.3, 0.4) is 0 Å². The minimum absolute atomic E-state index is 0.122. The molecule has 0 saturated heterocycles. The van der Waals surface area contributed by atoms with Crippen LogP contribution in [-0.2, 0) is 0 Å². The summed E-state index contributed by atoms with van der Waals surface area (Å²) in [5.41, 5.74) is 20.9. The SMILES string of the molecule is [N-]=[N+]=NCC(CN)N=[N+]=[N-]. The predicted molar refractivity (Wildman–Crippen MR) is 36.0 cm³/mol. The third-order valence-corrected chi connectivity index (χ3v) is 0.843. The number of hydrogen-bond acceptors (Lipinski definition) is 3. The van der Waals surface area contributed by atoms with Gasteiger partial charge in [0.05, 0.1) is 6.04 Å². The van der Waals surface area contributed by atoms with Crippen LogP contribution in [0, 0.1) is 0 Å². The highest BCUT2D eigenvalue weighted by molar-refractivity contribution is 4.70. The average molecular weight is 141 g/mol. The third-order valence-electron chi connectivity index (χ3n) is 0.843. The van der Waals surface area contributed by atoms with Gasteiger partial charge in [0.2, 0.25) is 0 Å². The number of nitrogens with two attached hydrogens (primary N) is 1. The fraction of sp³-hybridized carbons (Fsp3) is 1.00. The van der Waals surface area contributed by atoms with Crippen molar-refractivity contribution in [3.8, 4) is 0 Å². The van der Waals surface area contributed by atoms with Crippen LogP contribution in [-0.4, -0.2) is 19.1 Å². The summed E-state index contributed by atoms with van der Waals surface area (Å²) in [4.78, 5) is 5.01. The number of azide groups is 2. The van der Waals surface area contributed by atoms with Crippen LogP contribution < -0.4 is 5.73 Å². The standard InChI is InChI=1S/C3H7N7/c4-1-3(8-10-6)2-7-9-5/h3H,1-2,4H2. The molecule has 0 bridgehead atoms. The van der Waals surface area contributed by atoms with E-state index in [1.807, 2.05) is 0 Å². The lowest BCUT2D eigenvalue weighted by Crippen LogP contribution is -2.20. The van der Waals surface area contributed by atoms with Gasteiger partial charge < -0.3 is 5.73 Å². The summed E-state index contributed by atoms with van der Waals surface area (Å²) in [6.45, 7) is 0.320. The first kappa shape index (κ1) is 8.58. The van der Waals surface area contributed by atoms with E-state index < -0.39 is 6.04 Å². The molecule has 0 fully saturated rings. The zero-order valence-electron chi connectivity index (χ0n) is 5.25. The Kier molecular flexibility index (Phi) is 4.90. The maximum Gasteiger partial charge on any atom is 0.0552 e. The topological polar surface area (TPSA) is 124 Å². The summed E-state index contributed by atoms with van der Waals surface area (Å²) in [6, 6.07) is -0.416. The highest BCUT2D eigenvalue weighted by atomic mass is 15.2. The molecule has 0 radical (unpaired) electrons. The van der Waals surface area contributed by atoms with Crippen molar-refractivity contribution in [2.24, 2.45) is 16.0 Å². The van der Waals surface area contributed by atoms with Gasteiger partial charge >= 0.3 is 0 Å². The van der Waals surface area contributed by atoms with Crippen molar-refractivity contribution in [3.05, 3.63) is 20.9 Å². The maximum absolute atomic E-state index is 7.94. The van der Waals surface area contributed by atoms with Gasteiger partial charge in [0.1, 0.15) is 0 Å². The van der Waals surface area contributed by atoms with Gasteiger partial charge in [-0.05, 0) is 11.1 Å². The zero-order chi connectivity index (χ0) is 7.82. The lowest BCUT2D eigenvalue weighted by atomic mass is 10.3. The maximum atomic E-state index is 7.94. The van der Waals surface area contributed by atoms with Crippen molar-refractivity contribution in [2.45, 2.75) is 6.04 Å². The second-order valence-corrected chi connectivity index (χ2v) is 1.51. The predicted octanol–water partition coefficient (Wildman–Crippen LogP) is 0.934. The van der Waals surface area contributed by atoms with Gasteiger partial charge in [0.25, 0.3) is 0 Å². The van der Waals surface area contributed by atoms with Gasteiger partial charge in [-0.2, -0.15) is 0 Å². The van der Waals surface area contributed by atoms with Gasteiger partial charge in [0.15, 0.2) is 0 Å². The normalized spacial score (nSPS) is 10.9. The zero-order valence-corrected chi connectivity index (χ0v) is 5.25. The van der Waals surface area contributed by atoms with E-state index in [0.29, 0.717) is 0 Å². The molecule has 10 heavy (non-hydrogen) atoms. The van der Waals surface area contributed by atoms with Crippen molar-refractivity contribution in [1.82, 2.24) is 0 Å². The Labute approximate surface area is 57.1 Å². The molecule has 7 heteroatoms. The Hall–Kier alpha value is -1.42. The van der Waals surface area contributed by atoms with Gasteiger partial charge in [-0.1, -0.05) is 10.2 Å². The molecule has 0 amide bonds. The smallest absolute Gasteiger partial charge is 0.0552 e. The molecule has 0 aliphatic rings. The van der Waals surface area contributed by atoms with E-state index in [2.05, 4.69) is 20.1 Å². The molecule has 0 rings (SSSR count). The molecular formula is C3H7N7. The fourth-order valence-corrected chi connectivity index (χ4v) is 0.362. The first-order chi connectivity index (χ1) is 4.85. The molecule has 1 unspecified atom stereocenters. The second-order valence-electron chi connectivity index (χ2n) is 1.51. The molecule has 0 aliphatic carbocycles. The molecule has 7 nitrogen and oxygen atoms in total. The highest BCUT2D eigenvalue weighted by Gasteiger charge is 1.99. The van der Waals surface area contributed by atoms with Crippen molar-refractivity contribution in [3.63, 3.8) is 0 Å². The van der Waals surface area contributed by atoms with Crippen molar-refractivity contribution in [2.75, 3.05) is 13.1 Å². The molecule has 0 heterocycles.